The molecule has 1 atom stereocenters. The SMILES string of the molecule is CNC(Cc1ccncc1Cl)c1cccc(I)c1. The molecule has 4 heteroatoms. The minimum atomic E-state index is 0.264. The normalized spacial score (nSPS) is 12.4. The fraction of sp³-hybridized carbons (Fsp3) is 0.214. The minimum Gasteiger partial charge on any atom is -0.313 e. The molecule has 18 heavy (non-hydrogen) atoms. The summed E-state index contributed by atoms with van der Waals surface area (Å²) in [5.74, 6) is 0. The Bertz CT molecular complexity index is 531. The van der Waals surface area contributed by atoms with Gasteiger partial charge in [-0.1, -0.05) is 23.7 Å². The van der Waals surface area contributed by atoms with Crippen molar-refractivity contribution in [2.45, 2.75) is 12.5 Å². The molecular weight excluding hydrogens is 359 g/mol. The van der Waals surface area contributed by atoms with E-state index >= 15 is 0 Å². The Balaban J connectivity index is 2.23. The zero-order valence-corrected chi connectivity index (χ0v) is 12.9. The van der Waals surface area contributed by atoms with Crippen molar-refractivity contribution in [2.75, 3.05) is 7.05 Å². The number of pyridine rings is 1. The van der Waals surface area contributed by atoms with Crippen molar-refractivity contribution in [3.05, 3.63) is 62.4 Å². The smallest absolute Gasteiger partial charge is 0.0622 e. The molecular formula is C14H14ClIN2. The van der Waals surface area contributed by atoms with E-state index in [1.54, 1.807) is 12.4 Å². The molecule has 0 radical (unpaired) electrons. The van der Waals surface area contributed by atoms with Crippen LogP contribution in [-0.4, -0.2) is 12.0 Å². The van der Waals surface area contributed by atoms with E-state index in [0.29, 0.717) is 0 Å². The predicted octanol–water partition coefficient (Wildman–Crippen LogP) is 3.84. The molecule has 0 amide bonds. The number of rotatable bonds is 4. The number of nitrogens with one attached hydrogen (secondary N) is 1. The van der Waals surface area contributed by atoms with E-state index in [9.17, 15) is 0 Å². The van der Waals surface area contributed by atoms with Crippen LogP contribution >= 0.6 is 34.2 Å². The van der Waals surface area contributed by atoms with Gasteiger partial charge in [-0.05, 0) is 65.4 Å². The van der Waals surface area contributed by atoms with Gasteiger partial charge >= 0.3 is 0 Å². The highest BCUT2D eigenvalue weighted by Gasteiger charge is 2.12. The molecule has 0 aliphatic heterocycles. The minimum absolute atomic E-state index is 0.264. The number of hydrogen-bond donors (Lipinski definition) is 1. The molecule has 0 saturated heterocycles. The number of aromatic nitrogens is 1. The molecule has 1 N–H and O–H groups in total. The van der Waals surface area contributed by atoms with Gasteiger partial charge in [0.1, 0.15) is 0 Å². The van der Waals surface area contributed by atoms with Crippen LogP contribution in [-0.2, 0) is 6.42 Å². The van der Waals surface area contributed by atoms with Gasteiger partial charge in [-0.15, -0.1) is 0 Å². The molecule has 0 bridgehead atoms. The topological polar surface area (TPSA) is 24.9 Å². The highest BCUT2D eigenvalue weighted by molar-refractivity contribution is 14.1. The van der Waals surface area contributed by atoms with Gasteiger partial charge in [0.2, 0.25) is 0 Å². The second kappa shape index (κ2) is 6.50. The molecule has 0 aliphatic carbocycles. The van der Waals surface area contributed by atoms with Gasteiger partial charge in [0, 0.05) is 22.0 Å². The van der Waals surface area contributed by atoms with Crippen LogP contribution in [0, 0.1) is 3.57 Å². The lowest BCUT2D eigenvalue weighted by Gasteiger charge is -2.17. The molecule has 1 unspecified atom stereocenters. The van der Waals surface area contributed by atoms with Crippen molar-refractivity contribution >= 4 is 34.2 Å². The maximum atomic E-state index is 6.15. The second-order valence-corrected chi connectivity index (χ2v) is 5.72. The summed E-state index contributed by atoms with van der Waals surface area (Å²) in [6, 6.07) is 10.7. The van der Waals surface area contributed by atoms with Gasteiger partial charge in [-0.3, -0.25) is 4.98 Å². The lowest BCUT2D eigenvalue weighted by atomic mass is 10.00. The molecule has 0 fully saturated rings. The van der Waals surface area contributed by atoms with Gasteiger partial charge in [-0.2, -0.15) is 0 Å². The Kier molecular flexibility index (Phi) is 4.97. The van der Waals surface area contributed by atoms with E-state index < -0.39 is 0 Å². The van der Waals surface area contributed by atoms with Crippen LogP contribution in [0.4, 0.5) is 0 Å². The van der Waals surface area contributed by atoms with E-state index in [-0.39, 0.29) is 6.04 Å². The molecule has 2 rings (SSSR count). The van der Waals surface area contributed by atoms with E-state index in [4.69, 9.17) is 11.6 Å². The monoisotopic (exact) mass is 372 g/mol. The first kappa shape index (κ1) is 13.8. The van der Waals surface area contributed by atoms with Gasteiger partial charge in [0.25, 0.3) is 0 Å². The first-order chi connectivity index (χ1) is 8.70. The van der Waals surface area contributed by atoms with Crippen LogP contribution in [0.5, 0.6) is 0 Å². The molecule has 2 aromatic rings. The number of benzene rings is 1. The molecule has 0 aliphatic rings. The summed E-state index contributed by atoms with van der Waals surface area (Å²) in [4.78, 5) is 4.01. The van der Waals surface area contributed by atoms with Gasteiger partial charge < -0.3 is 5.32 Å². The van der Waals surface area contributed by atoms with E-state index in [1.165, 1.54) is 9.13 Å². The zero-order chi connectivity index (χ0) is 13.0. The Labute approximate surface area is 126 Å². The standard InChI is InChI=1S/C14H14ClIN2/c1-17-14(11-3-2-4-12(16)7-11)8-10-5-6-18-9-13(10)15/h2-7,9,14,17H,8H2,1H3. The van der Waals surface area contributed by atoms with Crippen LogP contribution in [0.15, 0.2) is 42.7 Å². The van der Waals surface area contributed by atoms with Crippen LogP contribution in [0.1, 0.15) is 17.2 Å². The zero-order valence-electron chi connectivity index (χ0n) is 10.0. The quantitative estimate of drug-likeness (QED) is 0.825. The average Bonchev–Trinajstić information content (AvgIpc) is 2.38. The van der Waals surface area contributed by atoms with Crippen molar-refractivity contribution in [3.63, 3.8) is 0 Å². The molecule has 1 aromatic heterocycles. The summed E-state index contributed by atoms with van der Waals surface area (Å²) >= 11 is 8.48. The summed E-state index contributed by atoms with van der Waals surface area (Å²) in [6.07, 6.45) is 4.33. The Morgan fingerprint density at radius 1 is 1.39 bits per heavy atom. The third-order valence-electron chi connectivity index (χ3n) is 2.88. The van der Waals surface area contributed by atoms with E-state index in [1.807, 2.05) is 13.1 Å². The van der Waals surface area contributed by atoms with Crippen LogP contribution in [0.3, 0.4) is 0 Å². The number of nitrogens with zero attached hydrogens (tertiary/aromatic N) is 1. The largest absolute Gasteiger partial charge is 0.313 e. The van der Waals surface area contributed by atoms with E-state index in [0.717, 1.165) is 17.0 Å². The number of likely N-dealkylation sites (N-methyl/N-ethyl adjacent to an activating group) is 1. The first-order valence-electron chi connectivity index (χ1n) is 5.72. The van der Waals surface area contributed by atoms with Gasteiger partial charge in [0.05, 0.1) is 5.02 Å². The van der Waals surface area contributed by atoms with Gasteiger partial charge in [-0.25, -0.2) is 0 Å². The highest BCUT2D eigenvalue weighted by atomic mass is 127. The van der Waals surface area contributed by atoms with Gasteiger partial charge in [0.15, 0.2) is 0 Å². The molecule has 94 valence electrons. The maximum absolute atomic E-state index is 6.15. The molecule has 1 aromatic carbocycles. The average molecular weight is 373 g/mol. The van der Waals surface area contributed by atoms with Crippen molar-refractivity contribution < 1.29 is 0 Å². The van der Waals surface area contributed by atoms with Crippen molar-refractivity contribution in [1.82, 2.24) is 10.3 Å². The van der Waals surface area contributed by atoms with Crippen molar-refractivity contribution in [1.29, 1.82) is 0 Å². The van der Waals surface area contributed by atoms with E-state index in [2.05, 4.69) is 57.2 Å². The molecule has 2 nitrogen and oxygen atoms in total. The fourth-order valence-electron chi connectivity index (χ4n) is 1.90. The third-order valence-corrected chi connectivity index (χ3v) is 3.89. The van der Waals surface area contributed by atoms with Crippen LogP contribution < -0.4 is 5.32 Å². The summed E-state index contributed by atoms with van der Waals surface area (Å²) in [7, 11) is 1.97. The summed E-state index contributed by atoms with van der Waals surface area (Å²) in [5.41, 5.74) is 2.39. The Morgan fingerprint density at radius 2 is 2.22 bits per heavy atom. The van der Waals surface area contributed by atoms with Crippen LogP contribution in [0.2, 0.25) is 5.02 Å². The van der Waals surface area contributed by atoms with Crippen molar-refractivity contribution in [3.8, 4) is 0 Å². The second-order valence-electron chi connectivity index (χ2n) is 4.07. The highest BCUT2D eigenvalue weighted by Crippen LogP contribution is 2.23. The van der Waals surface area contributed by atoms with Crippen molar-refractivity contribution in [2.24, 2.45) is 0 Å². The summed E-state index contributed by atoms with van der Waals surface area (Å²) < 4.78 is 1.24. The fourth-order valence-corrected chi connectivity index (χ4v) is 2.66. The third kappa shape index (κ3) is 3.43. The lowest BCUT2D eigenvalue weighted by molar-refractivity contribution is 0.591. The summed E-state index contributed by atoms with van der Waals surface area (Å²) in [6.45, 7) is 0. The lowest BCUT2D eigenvalue weighted by Crippen LogP contribution is -2.19. The Hall–Kier alpha value is -0.650. The molecule has 0 saturated carbocycles. The molecule has 0 spiro atoms. The van der Waals surface area contributed by atoms with Crippen LogP contribution in [0.25, 0.3) is 0 Å². The Morgan fingerprint density at radius 3 is 2.89 bits per heavy atom. The molecule has 1 heterocycles. The maximum Gasteiger partial charge on any atom is 0.0622 e. The number of halogens is 2. The number of hydrogen-bond acceptors (Lipinski definition) is 2. The summed E-state index contributed by atoms with van der Waals surface area (Å²) in [5, 5.41) is 4.06. The first-order valence-corrected chi connectivity index (χ1v) is 7.17. The predicted molar refractivity (Wildman–Crippen MR) is 83.9 cm³/mol.